The lowest BCUT2D eigenvalue weighted by Crippen LogP contribution is -2.30. The number of nitrogens with zero attached hydrogens (tertiary/aromatic N) is 1. The number of rotatable bonds is 6. The molecule has 0 saturated carbocycles. The van der Waals surface area contributed by atoms with Gasteiger partial charge in [0.1, 0.15) is 0 Å². The van der Waals surface area contributed by atoms with Crippen LogP contribution in [0.4, 0.5) is 4.79 Å². The van der Waals surface area contributed by atoms with Crippen molar-refractivity contribution < 1.29 is 24.2 Å². The summed E-state index contributed by atoms with van der Waals surface area (Å²) in [7, 11) is 0. The minimum Gasteiger partial charge on any atom is -0.465 e. The van der Waals surface area contributed by atoms with E-state index in [9.17, 15) is 14.7 Å². The van der Waals surface area contributed by atoms with E-state index in [1.54, 1.807) is 13.0 Å². The first kappa shape index (κ1) is 22.0. The van der Waals surface area contributed by atoms with Gasteiger partial charge in [-0.15, -0.1) is 6.58 Å². The van der Waals surface area contributed by atoms with Crippen LogP contribution >= 0.6 is 0 Å². The fraction of sp³-hybridized carbons (Fsp3) is 0.545. The minimum absolute atomic E-state index is 0.259. The molecule has 0 aliphatic carbocycles. The molecule has 0 radical (unpaired) electrons. The fourth-order valence-electron chi connectivity index (χ4n) is 3.79. The van der Waals surface area contributed by atoms with E-state index in [1.807, 2.05) is 34.6 Å². The van der Waals surface area contributed by atoms with Gasteiger partial charge in [0.15, 0.2) is 6.10 Å². The van der Waals surface area contributed by atoms with E-state index in [4.69, 9.17) is 9.47 Å². The Kier molecular flexibility index (Phi) is 6.55. The molecule has 0 aromatic heterocycles. The molecule has 0 saturated heterocycles. The monoisotopic (exact) mass is 389 g/mol. The third-order valence-corrected chi connectivity index (χ3v) is 5.00. The maximum atomic E-state index is 12.8. The van der Waals surface area contributed by atoms with Crippen LogP contribution in [0.15, 0.2) is 12.7 Å². The maximum absolute atomic E-state index is 12.8. The van der Waals surface area contributed by atoms with Crippen LogP contribution < -0.4 is 0 Å². The molecule has 0 fully saturated rings. The van der Waals surface area contributed by atoms with Crippen LogP contribution in [-0.2, 0) is 33.8 Å². The molecular formula is C22H31NO5. The van der Waals surface area contributed by atoms with E-state index < -0.39 is 23.8 Å². The van der Waals surface area contributed by atoms with Gasteiger partial charge in [-0.25, -0.2) is 9.59 Å². The fourth-order valence-corrected chi connectivity index (χ4v) is 3.79. The third-order valence-electron chi connectivity index (χ3n) is 5.00. The molecule has 1 aromatic carbocycles. The predicted octanol–water partition coefficient (Wildman–Crippen LogP) is 4.44. The second kappa shape index (κ2) is 8.35. The Labute approximate surface area is 167 Å². The van der Waals surface area contributed by atoms with Gasteiger partial charge in [-0.1, -0.05) is 6.08 Å². The summed E-state index contributed by atoms with van der Waals surface area (Å²) in [6.45, 7) is 16.1. The standard InChI is InChI=1S/C22H31NO5/c1-8-10-15-13(3)16-11-23(21(25)26)12-17(16)14(4)18(15)19(20(24)27-9-2)28-22(5,6)7/h8,19H,1,9-12H2,2-7H3,(H,25,26). The topological polar surface area (TPSA) is 76.1 Å². The van der Waals surface area contributed by atoms with E-state index in [-0.39, 0.29) is 6.61 Å². The number of carboxylic acid groups (broad SMARTS) is 1. The highest BCUT2D eigenvalue weighted by Gasteiger charge is 2.36. The van der Waals surface area contributed by atoms with Gasteiger partial charge in [0.2, 0.25) is 0 Å². The zero-order chi connectivity index (χ0) is 21.2. The van der Waals surface area contributed by atoms with Gasteiger partial charge in [0.05, 0.1) is 12.2 Å². The summed E-state index contributed by atoms with van der Waals surface area (Å²) < 4.78 is 11.5. The molecule has 1 N–H and O–H groups in total. The molecule has 6 nitrogen and oxygen atoms in total. The minimum atomic E-state index is -0.949. The zero-order valence-corrected chi connectivity index (χ0v) is 17.7. The molecule has 0 bridgehead atoms. The highest BCUT2D eigenvalue weighted by atomic mass is 16.6. The van der Waals surface area contributed by atoms with Crippen molar-refractivity contribution in [1.82, 2.24) is 4.90 Å². The molecule has 28 heavy (non-hydrogen) atoms. The van der Waals surface area contributed by atoms with Crippen LogP contribution in [0.2, 0.25) is 0 Å². The Balaban J connectivity index is 2.71. The number of ether oxygens (including phenoxy) is 2. The summed E-state index contributed by atoms with van der Waals surface area (Å²) in [5, 5.41) is 9.44. The average molecular weight is 389 g/mol. The van der Waals surface area contributed by atoms with Crippen LogP contribution in [-0.4, -0.2) is 34.3 Å². The molecule has 1 aromatic rings. The van der Waals surface area contributed by atoms with E-state index >= 15 is 0 Å². The summed E-state index contributed by atoms with van der Waals surface area (Å²) in [6, 6.07) is 0. The molecule has 0 spiro atoms. The van der Waals surface area contributed by atoms with Crippen LogP contribution in [0, 0.1) is 13.8 Å². The lowest BCUT2D eigenvalue weighted by Gasteiger charge is -2.30. The number of allylic oxidation sites excluding steroid dienone is 1. The first-order valence-corrected chi connectivity index (χ1v) is 9.58. The second-order valence-corrected chi connectivity index (χ2v) is 8.09. The van der Waals surface area contributed by atoms with Gasteiger partial charge < -0.3 is 14.6 Å². The zero-order valence-electron chi connectivity index (χ0n) is 17.7. The van der Waals surface area contributed by atoms with Crippen LogP contribution in [0.25, 0.3) is 0 Å². The molecule has 1 aliphatic rings. The highest BCUT2D eigenvalue weighted by Crippen LogP contribution is 2.39. The quantitative estimate of drug-likeness (QED) is 0.575. The van der Waals surface area contributed by atoms with E-state index in [2.05, 4.69) is 6.58 Å². The van der Waals surface area contributed by atoms with Crippen LogP contribution in [0.1, 0.15) is 67.2 Å². The van der Waals surface area contributed by atoms with E-state index in [0.717, 1.165) is 33.4 Å². The van der Waals surface area contributed by atoms with Gasteiger partial charge in [-0.05, 0) is 81.3 Å². The van der Waals surface area contributed by atoms with Crippen molar-refractivity contribution in [2.24, 2.45) is 0 Å². The van der Waals surface area contributed by atoms with Crippen molar-refractivity contribution in [3.05, 3.63) is 46.0 Å². The third kappa shape index (κ3) is 4.38. The maximum Gasteiger partial charge on any atom is 0.407 e. The second-order valence-electron chi connectivity index (χ2n) is 8.09. The SMILES string of the molecule is C=CCc1c(C)c2c(c(C)c1C(OC(C)(C)C)C(=O)OCC)CN(C(=O)O)C2. The van der Waals surface area contributed by atoms with E-state index in [1.165, 1.54) is 4.90 Å². The number of amides is 1. The molecule has 2 rings (SSSR count). The summed E-state index contributed by atoms with van der Waals surface area (Å²) in [5.74, 6) is -0.432. The molecule has 6 heteroatoms. The summed E-state index contributed by atoms with van der Waals surface area (Å²) >= 11 is 0. The number of benzene rings is 1. The lowest BCUT2D eigenvalue weighted by atomic mass is 9.85. The number of carbonyl (C=O) groups is 2. The van der Waals surface area contributed by atoms with Crippen molar-refractivity contribution in [1.29, 1.82) is 0 Å². The van der Waals surface area contributed by atoms with Crippen molar-refractivity contribution in [2.45, 2.75) is 72.8 Å². The number of hydrogen-bond acceptors (Lipinski definition) is 4. The average Bonchev–Trinajstić information content (AvgIpc) is 3.04. The van der Waals surface area contributed by atoms with Gasteiger partial charge in [0.25, 0.3) is 0 Å². The van der Waals surface area contributed by atoms with Crippen molar-refractivity contribution in [3.8, 4) is 0 Å². The summed E-state index contributed by atoms with van der Waals surface area (Å²) in [5.41, 5.74) is 5.02. The normalized spacial score (nSPS) is 14.6. The Morgan fingerprint density at radius 3 is 2.25 bits per heavy atom. The number of esters is 1. The molecular weight excluding hydrogens is 358 g/mol. The van der Waals surface area contributed by atoms with E-state index in [0.29, 0.717) is 19.5 Å². The number of carbonyl (C=O) groups excluding carboxylic acids is 1. The molecule has 1 aliphatic heterocycles. The van der Waals surface area contributed by atoms with Crippen LogP contribution in [0.3, 0.4) is 0 Å². The molecule has 1 amide bonds. The van der Waals surface area contributed by atoms with Crippen molar-refractivity contribution in [3.63, 3.8) is 0 Å². The first-order chi connectivity index (χ1) is 13.0. The van der Waals surface area contributed by atoms with Gasteiger partial charge >= 0.3 is 12.1 Å². The Hall–Kier alpha value is -2.34. The molecule has 1 heterocycles. The summed E-state index contributed by atoms with van der Waals surface area (Å²) in [4.78, 5) is 25.7. The highest BCUT2D eigenvalue weighted by molar-refractivity contribution is 5.79. The Morgan fingerprint density at radius 2 is 1.79 bits per heavy atom. The van der Waals surface area contributed by atoms with Crippen molar-refractivity contribution >= 4 is 12.1 Å². The molecule has 154 valence electrons. The number of hydrogen-bond donors (Lipinski definition) is 1. The predicted molar refractivity (Wildman–Crippen MR) is 107 cm³/mol. The van der Waals surface area contributed by atoms with Crippen LogP contribution in [0.5, 0.6) is 0 Å². The van der Waals surface area contributed by atoms with Gasteiger partial charge in [0, 0.05) is 13.1 Å². The molecule has 1 atom stereocenters. The lowest BCUT2D eigenvalue weighted by molar-refractivity contribution is -0.167. The van der Waals surface area contributed by atoms with Gasteiger partial charge in [-0.3, -0.25) is 4.90 Å². The largest absolute Gasteiger partial charge is 0.465 e. The Bertz CT molecular complexity index is 791. The first-order valence-electron chi connectivity index (χ1n) is 9.58. The number of fused-ring (bicyclic) bond motifs is 1. The van der Waals surface area contributed by atoms with Gasteiger partial charge in [-0.2, -0.15) is 0 Å². The smallest absolute Gasteiger partial charge is 0.407 e. The summed E-state index contributed by atoms with van der Waals surface area (Å²) in [6.07, 6.45) is 0.527. The van der Waals surface area contributed by atoms with Crippen molar-refractivity contribution in [2.75, 3.05) is 6.61 Å². The Morgan fingerprint density at radius 1 is 1.21 bits per heavy atom. The molecule has 1 unspecified atom stereocenters.